The molecule has 1 aromatic rings. The van der Waals surface area contributed by atoms with Crippen LogP contribution in [-0.4, -0.2) is 13.1 Å². The molecule has 0 N–H and O–H groups in total. The van der Waals surface area contributed by atoms with E-state index in [0.29, 0.717) is 5.56 Å². The van der Waals surface area contributed by atoms with E-state index in [1.54, 1.807) is 24.3 Å². The van der Waals surface area contributed by atoms with Crippen LogP contribution in [0.15, 0.2) is 30.3 Å². The Hall–Kier alpha value is -1.89. The molecule has 0 aromatic heterocycles. The molecule has 1 rings (SSSR count). The number of methoxy groups -OCH3 is 1. The van der Waals surface area contributed by atoms with Gasteiger partial charge in [-0.1, -0.05) is 30.3 Å². The van der Waals surface area contributed by atoms with Crippen LogP contribution in [0, 0.1) is 5.39 Å². The van der Waals surface area contributed by atoms with E-state index < -0.39 is 12.0 Å². The van der Waals surface area contributed by atoms with E-state index in [0.717, 1.165) is 0 Å². The average Bonchev–Trinajstić information content (AvgIpc) is 2.20. The van der Waals surface area contributed by atoms with Crippen LogP contribution >= 0.6 is 0 Å². The Labute approximate surface area is 75.8 Å². The molecular weight excluding hydrogens is 168 g/mol. The average molecular weight is 177 g/mol. The summed E-state index contributed by atoms with van der Waals surface area (Å²) in [7, 11) is 1.25. The highest BCUT2D eigenvalue weighted by molar-refractivity contribution is 5.79. The van der Waals surface area contributed by atoms with Crippen molar-refractivity contribution in [1.82, 2.24) is 0 Å². The van der Waals surface area contributed by atoms with Crippen LogP contribution in [0.2, 0.25) is 0 Å². The van der Waals surface area contributed by atoms with Crippen molar-refractivity contribution < 1.29 is 9.53 Å². The van der Waals surface area contributed by atoms with E-state index in [2.05, 4.69) is 9.71 Å². The Morgan fingerprint density at radius 1 is 1.46 bits per heavy atom. The number of ether oxygens (including phenoxy) is 1. The van der Waals surface area contributed by atoms with Crippen LogP contribution < -0.4 is 0 Å². The van der Waals surface area contributed by atoms with Gasteiger partial charge in [0.05, 0.1) is 12.7 Å². The molecule has 1 unspecified atom stereocenters. The maximum absolute atomic E-state index is 11.1. The first-order valence-electron chi connectivity index (χ1n) is 3.76. The Bertz CT molecular complexity index is 329. The topological polar surface area (TPSA) is 54.5 Å². The number of rotatable bonds is 2. The molecule has 66 valence electrons. The second kappa shape index (κ2) is 4.21. The van der Waals surface area contributed by atoms with Gasteiger partial charge in [-0.05, 0) is 0 Å². The van der Waals surface area contributed by atoms with Crippen molar-refractivity contribution in [1.29, 1.82) is 5.39 Å². The Morgan fingerprint density at radius 3 is 2.54 bits per heavy atom. The zero-order valence-electron chi connectivity index (χ0n) is 7.18. The number of nitrogens with zero attached hydrogens (tertiary/aromatic N) is 2. The summed E-state index contributed by atoms with van der Waals surface area (Å²) >= 11 is 0. The molecule has 4 nitrogen and oxygen atoms in total. The molecule has 4 heteroatoms. The minimum absolute atomic E-state index is 0.575. The fourth-order valence-electron chi connectivity index (χ4n) is 0.997. The second-order valence-electron chi connectivity index (χ2n) is 2.45. The number of carbonyl (C=O) groups excluding carboxylic acids is 1. The summed E-state index contributed by atoms with van der Waals surface area (Å²) in [6, 6.07) is 7.79. The van der Waals surface area contributed by atoms with Crippen molar-refractivity contribution in [2.24, 2.45) is 0 Å². The lowest BCUT2D eigenvalue weighted by atomic mass is 10.1. The molecule has 0 aliphatic rings. The molecule has 0 fully saturated rings. The Balaban J connectivity index is 2.93. The van der Waals surface area contributed by atoms with E-state index in [1.807, 2.05) is 6.07 Å². The summed E-state index contributed by atoms with van der Waals surface area (Å²) in [5, 5.41) is 8.61. The minimum atomic E-state index is -0.939. The molecule has 0 radical (unpaired) electrons. The van der Waals surface area contributed by atoms with Crippen LogP contribution in [0.25, 0.3) is 4.98 Å². The summed E-state index contributed by atoms with van der Waals surface area (Å²) in [6.07, 6.45) is 0. The lowest BCUT2D eigenvalue weighted by molar-refractivity contribution is -0.141. The Morgan fingerprint density at radius 2 is 2.08 bits per heavy atom. The summed E-state index contributed by atoms with van der Waals surface area (Å²) < 4.78 is 4.46. The van der Waals surface area contributed by atoms with Gasteiger partial charge in [0.25, 0.3) is 0 Å². The first kappa shape index (κ1) is 9.20. The molecule has 13 heavy (non-hydrogen) atoms. The highest BCUT2D eigenvalue weighted by atomic mass is 16.5. The molecule has 1 aromatic carbocycles. The van der Waals surface area contributed by atoms with E-state index in [1.165, 1.54) is 7.11 Å². The predicted octanol–water partition coefficient (Wildman–Crippen LogP) is 1.75. The molecule has 0 saturated heterocycles. The highest BCUT2D eigenvalue weighted by Gasteiger charge is 2.33. The molecule has 0 bridgehead atoms. The maximum Gasteiger partial charge on any atom is 0.433 e. The van der Waals surface area contributed by atoms with Crippen LogP contribution in [0.3, 0.4) is 0 Å². The van der Waals surface area contributed by atoms with E-state index in [4.69, 9.17) is 5.39 Å². The lowest BCUT2D eigenvalue weighted by Gasteiger charge is -1.96. The summed E-state index contributed by atoms with van der Waals surface area (Å²) in [5.41, 5.74) is 0.608. The van der Waals surface area contributed by atoms with Crippen molar-refractivity contribution in [3.63, 3.8) is 0 Å². The molecule has 0 spiro atoms. The number of hydrogen-bond donors (Lipinski definition) is 0. The van der Waals surface area contributed by atoms with Gasteiger partial charge in [0.2, 0.25) is 5.39 Å². The van der Waals surface area contributed by atoms with Crippen LogP contribution in [0.1, 0.15) is 11.6 Å². The fourth-order valence-corrected chi connectivity index (χ4v) is 0.997. The van der Waals surface area contributed by atoms with Gasteiger partial charge in [-0.3, -0.25) is 0 Å². The monoisotopic (exact) mass is 177 g/mol. The zero-order chi connectivity index (χ0) is 9.68. The summed E-state index contributed by atoms with van der Waals surface area (Å²) in [5.74, 6) is -0.575. The van der Waals surface area contributed by atoms with Gasteiger partial charge in [0.15, 0.2) is 0 Å². The molecule has 0 aliphatic carbocycles. The second-order valence-corrected chi connectivity index (χ2v) is 2.45. The van der Waals surface area contributed by atoms with Gasteiger partial charge in [-0.15, -0.1) is 0 Å². The van der Waals surface area contributed by atoms with Gasteiger partial charge in [-0.25, -0.2) is 4.79 Å². The maximum atomic E-state index is 11.1. The van der Waals surface area contributed by atoms with Crippen molar-refractivity contribution in [2.45, 2.75) is 6.04 Å². The zero-order valence-corrected chi connectivity index (χ0v) is 7.18. The van der Waals surface area contributed by atoms with Gasteiger partial charge < -0.3 is 4.74 Å². The van der Waals surface area contributed by atoms with Crippen LogP contribution in [-0.2, 0) is 9.53 Å². The normalized spacial score (nSPS) is 11.4. The first-order valence-corrected chi connectivity index (χ1v) is 3.76. The van der Waals surface area contributed by atoms with Crippen LogP contribution in [0.4, 0.5) is 0 Å². The SMILES string of the molecule is COC(=O)C([N+]#N)c1ccccc1. The summed E-state index contributed by atoms with van der Waals surface area (Å²) in [6.45, 7) is 0. The summed E-state index contributed by atoms with van der Waals surface area (Å²) in [4.78, 5) is 14.0. The fraction of sp³-hybridized carbons (Fsp3) is 0.222. The van der Waals surface area contributed by atoms with Crippen molar-refractivity contribution in [2.75, 3.05) is 7.11 Å². The molecule has 1 atom stereocenters. The van der Waals surface area contributed by atoms with Crippen molar-refractivity contribution >= 4 is 5.97 Å². The van der Waals surface area contributed by atoms with Gasteiger partial charge >= 0.3 is 12.0 Å². The first-order chi connectivity index (χ1) is 6.29. The standard InChI is InChI=1S/C9H9N2O2/c1-13-9(12)8(11-10)7-5-3-2-4-6-7/h2-6,8H,1H3/q+1. The third-order valence-electron chi connectivity index (χ3n) is 1.66. The third kappa shape index (κ3) is 2.03. The largest absolute Gasteiger partial charge is 0.463 e. The molecule has 0 heterocycles. The quantitative estimate of drug-likeness (QED) is 0.510. The van der Waals surface area contributed by atoms with Gasteiger partial charge in [-0.2, -0.15) is 0 Å². The van der Waals surface area contributed by atoms with Crippen molar-refractivity contribution in [3.8, 4) is 0 Å². The molecule has 0 aliphatic heterocycles. The Kier molecular flexibility index (Phi) is 2.98. The number of hydrogen-bond acceptors (Lipinski definition) is 3. The molecular formula is C9H9N2O2+. The van der Waals surface area contributed by atoms with Gasteiger partial charge in [0.1, 0.15) is 4.98 Å². The number of esters is 1. The lowest BCUT2D eigenvalue weighted by Crippen LogP contribution is -2.10. The number of benzene rings is 1. The van der Waals surface area contributed by atoms with E-state index in [-0.39, 0.29) is 0 Å². The van der Waals surface area contributed by atoms with Crippen molar-refractivity contribution in [3.05, 3.63) is 40.9 Å². The molecule has 0 amide bonds. The highest BCUT2D eigenvalue weighted by Crippen LogP contribution is 2.17. The van der Waals surface area contributed by atoms with Gasteiger partial charge in [0, 0.05) is 0 Å². The van der Waals surface area contributed by atoms with Crippen LogP contribution in [0.5, 0.6) is 0 Å². The minimum Gasteiger partial charge on any atom is -0.463 e. The van der Waals surface area contributed by atoms with E-state index in [9.17, 15) is 4.79 Å². The van der Waals surface area contributed by atoms with E-state index >= 15 is 0 Å². The number of diazo groups is 1. The molecule has 0 saturated carbocycles. The number of carbonyl (C=O) groups is 1. The smallest absolute Gasteiger partial charge is 0.433 e. The predicted molar refractivity (Wildman–Crippen MR) is 46.3 cm³/mol. The third-order valence-corrected chi connectivity index (χ3v) is 1.66.